The molecule has 1 aromatic carbocycles. The number of hydrogen-bond acceptors (Lipinski definition) is 2. The molecule has 2 nitrogen and oxygen atoms in total. The molecule has 0 amide bonds. The monoisotopic (exact) mass is 256 g/mol. The summed E-state index contributed by atoms with van der Waals surface area (Å²) >= 11 is 11.7. The van der Waals surface area contributed by atoms with E-state index in [2.05, 4.69) is 9.97 Å². The molecule has 0 bridgehead atoms. The highest BCUT2D eigenvalue weighted by molar-refractivity contribution is 6.33. The average molecular weight is 257 g/mol. The van der Waals surface area contributed by atoms with Gasteiger partial charge >= 0.3 is 0 Å². The van der Waals surface area contributed by atoms with Crippen LogP contribution in [0.15, 0.2) is 24.5 Å². The summed E-state index contributed by atoms with van der Waals surface area (Å²) in [6, 6.07) is 4.36. The SMILES string of the molecule is Cc1ncnc(-c2ccc(Cl)cc2F)c1Cl. The predicted octanol–water partition coefficient (Wildman–Crippen LogP) is 3.90. The Morgan fingerprint density at radius 3 is 2.62 bits per heavy atom. The van der Waals surface area contributed by atoms with Gasteiger partial charge in [-0.25, -0.2) is 14.4 Å². The second-order valence-corrected chi connectivity index (χ2v) is 4.06. The second-order valence-electron chi connectivity index (χ2n) is 3.25. The Balaban J connectivity index is 2.63. The molecule has 0 N–H and O–H groups in total. The highest BCUT2D eigenvalue weighted by Gasteiger charge is 2.12. The van der Waals surface area contributed by atoms with E-state index in [0.29, 0.717) is 27.0 Å². The van der Waals surface area contributed by atoms with E-state index in [9.17, 15) is 4.39 Å². The Hall–Kier alpha value is -1.19. The van der Waals surface area contributed by atoms with Gasteiger partial charge in [-0.15, -0.1) is 0 Å². The number of benzene rings is 1. The highest BCUT2D eigenvalue weighted by Crippen LogP contribution is 2.30. The minimum atomic E-state index is -0.451. The van der Waals surface area contributed by atoms with Gasteiger partial charge in [0, 0.05) is 10.6 Å². The fraction of sp³-hybridized carbons (Fsp3) is 0.0909. The lowest BCUT2D eigenvalue weighted by Crippen LogP contribution is -1.93. The van der Waals surface area contributed by atoms with Crippen molar-refractivity contribution in [3.8, 4) is 11.3 Å². The van der Waals surface area contributed by atoms with Crippen LogP contribution in [0, 0.1) is 12.7 Å². The van der Waals surface area contributed by atoms with Gasteiger partial charge in [-0.1, -0.05) is 23.2 Å². The average Bonchev–Trinajstić information content (AvgIpc) is 2.23. The summed E-state index contributed by atoms with van der Waals surface area (Å²) in [5.41, 5.74) is 1.31. The molecule has 2 rings (SSSR count). The summed E-state index contributed by atoms with van der Waals surface area (Å²) < 4.78 is 13.6. The predicted molar refractivity (Wildman–Crippen MR) is 62.2 cm³/mol. The van der Waals surface area contributed by atoms with E-state index in [1.165, 1.54) is 12.4 Å². The molecule has 0 saturated heterocycles. The van der Waals surface area contributed by atoms with Crippen molar-refractivity contribution in [2.75, 3.05) is 0 Å². The summed E-state index contributed by atoms with van der Waals surface area (Å²) in [5.74, 6) is -0.451. The molecule has 1 aromatic heterocycles. The molecule has 0 aliphatic carbocycles. The van der Waals surface area contributed by atoms with E-state index in [1.54, 1.807) is 19.1 Å². The van der Waals surface area contributed by atoms with Crippen molar-refractivity contribution in [3.63, 3.8) is 0 Å². The quantitative estimate of drug-likeness (QED) is 0.774. The number of nitrogens with zero attached hydrogens (tertiary/aromatic N) is 2. The molecular formula is C11H7Cl2FN2. The fourth-order valence-corrected chi connectivity index (χ4v) is 1.69. The van der Waals surface area contributed by atoms with Gasteiger partial charge in [-0.05, 0) is 25.1 Å². The Labute approximate surface area is 102 Å². The first-order valence-corrected chi connectivity index (χ1v) is 5.27. The van der Waals surface area contributed by atoms with E-state index >= 15 is 0 Å². The minimum absolute atomic E-state index is 0.319. The van der Waals surface area contributed by atoms with E-state index < -0.39 is 5.82 Å². The van der Waals surface area contributed by atoms with Crippen LogP contribution < -0.4 is 0 Å². The molecule has 82 valence electrons. The summed E-state index contributed by atoms with van der Waals surface area (Å²) in [6.07, 6.45) is 1.35. The third-order valence-electron chi connectivity index (χ3n) is 2.15. The maximum atomic E-state index is 13.6. The van der Waals surface area contributed by atoms with Crippen molar-refractivity contribution in [1.82, 2.24) is 9.97 Å². The van der Waals surface area contributed by atoms with Crippen LogP contribution >= 0.6 is 23.2 Å². The summed E-state index contributed by atoms with van der Waals surface area (Å²) in [6.45, 7) is 1.74. The number of rotatable bonds is 1. The zero-order chi connectivity index (χ0) is 11.7. The van der Waals surface area contributed by atoms with Crippen LogP contribution in [-0.4, -0.2) is 9.97 Å². The third kappa shape index (κ3) is 2.01. The lowest BCUT2D eigenvalue weighted by molar-refractivity contribution is 0.630. The molecule has 0 saturated carbocycles. The van der Waals surface area contributed by atoms with E-state index in [-0.39, 0.29) is 0 Å². The van der Waals surface area contributed by atoms with Crippen LogP contribution in [0.1, 0.15) is 5.69 Å². The Morgan fingerprint density at radius 1 is 1.19 bits per heavy atom. The van der Waals surface area contributed by atoms with Crippen LogP contribution in [0.3, 0.4) is 0 Å². The smallest absolute Gasteiger partial charge is 0.134 e. The molecule has 16 heavy (non-hydrogen) atoms. The van der Waals surface area contributed by atoms with Crippen LogP contribution in [0.5, 0.6) is 0 Å². The normalized spacial score (nSPS) is 10.5. The number of aryl methyl sites for hydroxylation is 1. The maximum absolute atomic E-state index is 13.6. The van der Waals surface area contributed by atoms with Gasteiger partial charge in [-0.3, -0.25) is 0 Å². The van der Waals surface area contributed by atoms with Crippen molar-refractivity contribution in [1.29, 1.82) is 0 Å². The molecule has 0 unspecified atom stereocenters. The molecule has 0 aliphatic heterocycles. The van der Waals surface area contributed by atoms with E-state index in [4.69, 9.17) is 23.2 Å². The zero-order valence-electron chi connectivity index (χ0n) is 8.34. The van der Waals surface area contributed by atoms with Crippen LogP contribution in [0.25, 0.3) is 11.3 Å². The fourth-order valence-electron chi connectivity index (χ4n) is 1.33. The third-order valence-corrected chi connectivity index (χ3v) is 2.84. The van der Waals surface area contributed by atoms with Gasteiger partial charge < -0.3 is 0 Å². The van der Waals surface area contributed by atoms with Crippen LogP contribution in [-0.2, 0) is 0 Å². The van der Waals surface area contributed by atoms with Gasteiger partial charge in [0.25, 0.3) is 0 Å². The lowest BCUT2D eigenvalue weighted by Gasteiger charge is -2.06. The molecular weight excluding hydrogens is 250 g/mol. The number of aromatic nitrogens is 2. The van der Waals surface area contributed by atoms with Gasteiger partial charge in [-0.2, -0.15) is 0 Å². The maximum Gasteiger partial charge on any atom is 0.134 e. The molecule has 1 heterocycles. The van der Waals surface area contributed by atoms with Crippen molar-refractivity contribution in [3.05, 3.63) is 46.1 Å². The van der Waals surface area contributed by atoms with E-state index in [0.717, 1.165) is 0 Å². The summed E-state index contributed by atoms with van der Waals surface area (Å²) in [5, 5.41) is 0.687. The molecule has 2 aromatic rings. The van der Waals surface area contributed by atoms with E-state index in [1.807, 2.05) is 0 Å². The molecule has 0 atom stereocenters. The van der Waals surface area contributed by atoms with Gasteiger partial charge in [0.2, 0.25) is 0 Å². The summed E-state index contributed by atoms with van der Waals surface area (Å²) in [4.78, 5) is 7.89. The zero-order valence-corrected chi connectivity index (χ0v) is 9.85. The van der Waals surface area contributed by atoms with Crippen molar-refractivity contribution < 1.29 is 4.39 Å². The van der Waals surface area contributed by atoms with Crippen molar-refractivity contribution in [2.45, 2.75) is 6.92 Å². The molecule has 0 radical (unpaired) electrons. The first kappa shape index (κ1) is 11.3. The second kappa shape index (κ2) is 4.36. The first-order valence-electron chi connectivity index (χ1n) is 4.52. The van der Waals surface area contributed by atoms with Gasteiger partial charge in [0.1, 0.15) is 12.1 Å². The molecule has 5 heteroatoms. The van der Waals surface area contributed by atoms with Gasteiger partial charge in [0.05, 0.1) is 16.4 Å². The largest absolute Gasteiger partial charge is 0.240 e. The molecule has 0 spiro atoms. The summed E-state index contributed by atoms with van der Waals surface area (Å²) in [7, 11) is 0. The van der Waals surface area contributed by atoms with Gasteiger partial charge in [0.15, 0.2) is 0 Å². The Morgan fingerprint density at radius 2 is 1.94 bits per heavy atom. The molecule has 0 aliphatic rings. The molecule has 0 fully saturated rings. The van der Waals surface area contributed by atoms with Crippen LogP contribution in [0.2, 0.25) is 10.0 Å². The minimum Gasteiger partial charge on any atom is -0.240 e. The Kier molecular flexibility index (Phi) is 3.08. The number of halogens is 3. The standard InChI is InChI=1S/C11H7Cl2FN2/c1-6-10(13)11(16-5-15-6)8-3-2-7(12)4-9(8)14/h2-5H,1H3. The van der Waals surface area contributed by atoms with Crippen molar-refractivity contribution in [2.24, 2.45) is 0 Å². The Bertz CT molecular complexity index is 544. The highest BCUT2D eigenvalue weighted by atomic mass is 35.5. The van der Waals surface area contributed by atoms with Crippen molar-refractivity contribution >= 4 is 23.2 Å². The first-order chi connectivity index (χ1) is 7.59. The number of hydrogen-bond donors (Lipinski definition) is 0. The topological polar surface area (TPSA) is 25.8 Å². The van der Waals surface area contributed by atoms with Crippen LogP contribution in [0.4, 0.5) is 4.39 Å². The lowest BCUT2D eigenvalue weighted by atomic mass is 10.1.